The van der Waals surface area contributed by atoms with Crippen molar-refractivity contribution in [1.82, 2.24) is 14.8 Å². The molecule has 2 saturated heterocycles. The second kappa shape index (κ2) is 8.98. The number of piperazine rings is 1. The summed E-state index contributed by atoms with van der Waals surface area (Å²) in [5, 5.41) is 9.00. The fourth-order valence-corrected chi connectivity index (χ4v) is 3.84. The number of amides is 2. The van der Waals surface area contributed by atoms with Crippen LogP contribution in [0.3, 0.4) is 0 Å². The Morgan fingerprint density at radius 2 is 1.88 bits per heavy atom. The molecule has 0 radical (unpaired) electrons. The van der Waals surface area contributed by atoms with E-state index in [4.69, 9.17) is 5.11 Å². The monoisotopic (exact) mass is 360 g/mol. The first-order valence-corrected chi connectivity index (χ1v) is 9.49. The molecule has 2 fully saturated rings. The molecule has 1 aromatic heterocycles. The number of hydrogen-bond donors (Lipinski definition) is 1. The van der Waals surface area contributed by atoms with Gasteiger partial charge >= 0.3 is 0 Å². The summed E-state index contributed by atoms with van der Waals surface area (Å²) in [7, 11) is 0. The van der Waals surface area contributed by atoms with Crippen LogP contribution in [0.4, 0.5) is 5.82 Å². The normalized spacial score (nSPS) is 21.0. The molecule has 3 heterocycles. The molecule has 2 aliphatic heterocycles. The molecule has 1 unspecified atom stereocenters. The van der Waals surface area contributed by atoms with E-state index in [2.05, 4.69) is 9.88 Å². The number of carbonyl (C=O) groups is 2. The van der Waals surface area contributed by atoms with Crippen LogP contribution in [0.5, 0.6) is 0 Å². The van der Waals surface area contributed by atoms with Crippen molar-refractivity contribution in [2.75, 3.05) is 50.8 Å². The molecule has 7 nitrogen and oxygen atoms in total. The van der Waals surface area contributed by atoms with Crippen molar-refractivity contribution in [3.05, 3.63) is 24.4 Å². The summed E-state index contributed by atoms with van der Waals surface area (Å²) in [6.45, 7) is 4.05. The molecular formula is C19H28N4O3. The van der Waals surface area contributed by atoms with E-state index < -0.39 is 6.61 Å². The second-order valence-corrected chi connectivity index (χ2v) is 7.10. The Morgan fingerprint density at radius 3 is 2.58 bits per heavy atom. The first-order valence-electron chi connectivity index (χ1n) is 9.49. The topological polar surface area (TPSA) is 77.0 Å². The summed E-state index contributed by atoms with van der Waals surface area (Å²) in [5.74, 6) is 1.33. The highest BCUT2D eigenvalue weighted by Crippen LogP contribution is 2.22. The van der Waals surface area contributed by atoms with Crippen molar-refractivity contribution in [2.45, 2.75) is 25.7 Å². The maximum atomic E-state index is 12.5. The summed E-state index contributed by atoms with van der Waals surface area (Å²) in [6, 6.07) is 5.89. The van der Waals surface area contributed by atoms with Gasteiger partial charge in [-0.2, -0.15) is 0 Å². The lowest BCUT2D eigenvalue weighted by Gasteiger charge is -2.36. The number of rotatable bonds is 5. The van der Waals surface area contributed by atoms with Crippen LogP contribution in [0, 0.1) is 5.92 Å². The third-order valence-corrected chi connectivity index (χ3v) is 5.38. The van der Waals surface area contributed by atoms with E-state index in [-0.39, 0.29) is 11.8 Å². The SMILES string of the molecule is O=C(CCC1CCCN(C(=O)CO)C1)N1CCN(c2ccccn2)CC1. The van der Waals surface area contributed by atoms with Gasteiger partial charge < -0.3 is 19.8 Å². The Bertz CT molecular complexity index is 602. The maximum absolute atomic E-state index is 12.5. The number of hydrogen-bond acceptors (Lipinski definition) is 5. The van der Waals surface area contributed by atoms with Crippen LogP contribution < -0.4 is 4.90 Å². The zero-order valence-corrected chi connectivity index (χ0v) is 15.2. The zero-order valence-electron chi connectivity index (χ0n) is 15.2. The molecule has 142 valence electrons. The van der Waals surface area contributed by atoms with Crippen molar-refractivity contribution >= 4 is 17.6 Å². The summed E-state index contributed by atoms with van der Waals surface area (Å²) >= 11 is 0. The molecular weight excluding hydrogens is 332 g/mol. The predicted octanol–water partition coefficient (Wildman–Crippen LogP) is 0.741. The highest BCUT2D eigenvalue weighted by Gasteiger charge is 2.26. The lowest BCUT2D eigenvalue weighted by molar-refractivity contribution is -0.136. The molecule has 26 heavy (non-hydrogen) atoms. The third kappa shape index (κ3) is 4.72. The van der Waals surface area contributed by atoms with Crippen LogP contribution in [-0.4, -0.2) is 77.6 Å². The number of carbonyl (C=O) groups excluding carboxylic acids is 2. The number of pyridine rings is 1. The van der Waals surface area contributed by atoms with E-state index >= 15 is 0 Å². The fourth-order valence-electron chi connectivity index (χ4n) is 3.84. The Hall–Kier alpha value is -2.15. The molecule has 2 amide bonds. The van der Waals surface area contributed by atoms with E-state index in [0.29, 0.717) is 18.9 Å². The number of aliphatic hydroxyl groups is 1. The van der Waals surface area contributed by atoms with Gasteiger partial charge in [0.05, 0.1) is 0 Å². The molecule has 1 N–H and O–H groups in total. The van der Waals surface area contributed by atoms with Gasteiger partial charge in [0.1, 0.15) is 12.4 Å². The van der Waals surface area contributed by atoms with Crippen LogP contribution in [0.15, 0.2) is 24.4 Å². The maximum Gasteiger partial charge on any atom is 0.248 e. The van der Waals surface area contributed by atoms with E-state index in [0.717, 1.165) is 57.8 Å². The number of anilines is 1. The molecule has 7 heteroatoms. The average molecular weight is 360 g/mol. The molecule has 0 saturated carbocycles. The van der Waals surface area contributed by atoms with Gasteiger partial charge in [-0.1, -0.05) is 6.07 Å². The minimum atomic E-state index is -0.424. The van der Waals surface area contributed by atoms with Crippen molar-refractivity contribution in [3.8, 4) is 0 Å². The number of nitrogens with zero attached hydrogens (tertiary/aromatic N) is 4. The van der Waals surface area contributed by atoms with Gasteiger partial charge in [-0.3, -0.25) is 9.59 Å². The van der Waals surface area contributed by atoms with Crippen LogP contribution in [0.2, 0.25) is 0 Å². The first kappa shape index (κ1) is 18.6. The van der Waals surface area contributed by atoms with Crippen molar-refractivity contribution in [1.29, 1.82) is 0 Å². The van der Waals surface area contributed by atoms with Gasteiger partial charge in [-0.15, -0.1) is 0 Å². The molecule has 2 aliphatic rings. The molecule has 1 aromatic rings. The molecule has 0 spiro atoms. The first-order chi connectivity index (χ1) is 12.7. The van der Waals surface area contributed by atoms with Gasteiger partial charge in [0.2, 0.25) is 11.8 Å². The minimum Gasteiger partial charge on any atom is -0.387 e. The van der Waals surface area contributed by atoms with Gasteiger partial charge in [-0.05, 0) is 37.3 Å². The van der Waals surface area contributed by atoms with E-state index in [9.17, 15) is 9.59 Å². The summed E-state index contributed by atoms with van der Waals surface area (Å²) < 4.78 is 0. The largest absolute Gasteiger partial charge is 0.387 e. The molecule has 0 aliphatic carbocycles. The lowest BCUT2D eigenvalue weighted by atomic mass is 9.93. The second-order valence-electron chi connectivity index (χ2n) is 7.10. The van der Waals surface area contributed by atoms with Crippen molar-refractivity contribution in [2.24, 2.45) is 5.92 Å². The predicted molar refractivity (Wildman–Crippen MR) is 98.7 cm³/mol. The summed E-state index contributed by atoms with van der Waals surface area (Å²) in [6.07, 6.45) is 5.15. The number of aliphatic hydroxyl groups excluding tert-OH is 1. The molecule has 0 aromatic carbocycles. The van der Waals surface area contributed by atoms with Gasteiger partial charge in [0.25, 0.3) is 0 Å². The standard InChI is InChI=1S/C19H28N4O3/c24-15-19(26)23-9-3-4-16(14-23)6-7-18(25)22-12-10-21(11-13-22)17-5-1-2-8-20-17/h1-2,5,8,16,24H,3-4,6-7,9-15H2. The van der Waals surface area contributed by atoms with E-state index in [1.54, 1.807) is 11.1 Å². The third-order valence-electron chi connectivity index (χ3n) is 5.38. The Labute approximate surface area is 154 Å². The van der Waals surface area contributed by atoms with Crippen LogP contribution in [0.1, 0.15) is 25.7 Å². The van der Waals surface area contributed by atoms with E-state index in [1.165, 1.54) is 0 Å². The molecule has 1 atom stereocenters. The van der Waals surface area contributed by atoms with Crippen molar-refractivity contribution in [3.63, 3.8) is 0 Å². The number of likely N-dealkylation sites (tertiary alicyclic amines) is 1. The number of aromatic nitrogens is 1. The minimum absolute atomic E-state index is 0.202. The van der Waals surface area contributed by atoms with Crippen LogP contribution in [0.25, 0.3) is 0 Å². The smallest absolute Gasteiger partial charge is 0.248 e. The van der Waals surface area contributed by atoms with Crippen LogP contribution >= 0.6 is 0 Å². The molecule has 3 rings (SSSR count). The highest BCUT2D eigenvalue weighted by atomic mass is 16.3. The summed E-state index contributed by atoms with van der Waals surface area (Å²) in [5.41, 5.74) is 0. The Kier molecular flexibility index (Phi) is 6.44. The number of piperidine rings is 1. The van der Waals surface area contributed by atoms with Gasteiger partial charge in [0, 0.05) is 51.9 Å². The average Bonchev–Trinajstić information content (AvgIpc) is 2.72. The van der Waals surface area contributed by atoms with E-state index in [1.807, 2.05) is 23.1 Å². The lowest BCUT2D eigenvalue weighted by Crippen LogP contribution is -2.49. The van der Waals surface area contributed by atoms with Crippen molar-refractivity contribution < 1.29 is 14.7 Å². The summed E-state index contributed by atoms with van der Waals surface area (Å²) in [4.78, 5) is 34.4. The quantitative estimate of drug-likeness (QED) is 0.838. The highest BCUT2D eigenvalue weighted by molar-refractivity contribution is 5.77. The van der Waals surface area contributed by atoms with Gasteiger partial charge in [-0.25, -0.2) is 4.98 Å². The Balaban J connectivity index is 1.41. The fraction of sp³-hybridized carbons (Fsp3) is 0.632. The zero-order chi connectivity index (χ0) is 18.4. The van der Waals surface area contributed by atoms with Gasteiger partial charge in [0.15, 0.2) is 0 Å². The Morgan fingerprint density at radius 1 is 1.08 bits per heavy atom. The van der Waals surface area contributed by atoms with Crippen LogP contribution in [-0.2, 0) is 9.59 Å². The molecule has 0 bridgehead atoms.